The lowest BCUT2D eigenvalue weighted by atomic mass is 10.1. The normalized spacial score (nSPS) is 11.0. The molecule has 0 saturated heterocycles. The Labute approximate surface area is 133 Å². The van der Waals surface area contributed by atoms with E-state index in [9.17, 15) is 9.18 Å². The highest BCUT2D eigenvalue weighted by molar-refractivity contribution is 6.03. The van der Waals surface area contributed by atoms with Gasteiger partial charge in [0.15, 0.2) is 0 Å². The highest BCUT2D eigenvalue weighted by atomic mass is 19.1. The number of hydrogen-bond acceptors (Lipinski definition) is 2. The fraction of sp³-hybridized carbons (Fsp3) is 0.0526. The highest BCUT2D eigenvalue weighted by Gasteiger charge is 2.03. The maximum Gasteiger partial charge on any atom is 0.248 e. The van der Waals surface area contributed by atoms with Gasteiger partial charge in [0, 0.05) is 28.9 Å². The minimum atomic E-state index is -0.321. The Hall–Kier alpha value is -3.01. The molecule has 4 heteroatoms. The van der Waals surface area contributed by atoms with Crippen LogP contribution in [0.25, 0.3) is 17.0 Å². The first-order valence-electron chi connectivity index (χ1n) is 7.22. The molecule has 0 aliphatic rings. The standard InChI is InChI=1S/C19H15FN2O/c1-13-12-16(20)8-9-17(13)22-18(23)10-7-15-5-2-4-14-6-3-11-21-19(14)15/h2-12H,1H3,(H,22,23)/b10-7+. The zero-order valence-corrected chi connectivity index (χ0v) is 12.6. The van der Waals surface area contributed by atoms with E-state index in [1.54, 1.807) is 25.3 Å². The lowest BCUT2D eigenvalue weighted by Gasteiger charge is -2.06. The van der Waals surface area contributed by atoms with Crippen molar-refractivity contribution in [2.75, 3.05) is 5.32 Å². The molecule has 1 heterocycles. The summed E-state index contributed by atoms with van der Waals surface area (Å²) < 4.78 is 13.1. The third kappa shape index (κ3) is 3.43. The Bertz CT molecular complexity index is 898. The molecule has 0 atom stereocenters. The van der Waals surface area contributed by atoms with Gasteiger partial charge in [-0.25, -0.2) is 4.39 Å². The van der Waals surface area contributed by atoms with Crippen LogP contribution in [-0.2, 0) is 4.79 Å². The third-order valence-electron chi connectivity index (χ3n) is 3.52. The maximum atomic E-state index is 13.1. The van der Waals surface area contributed by atoms with Gasteiger partial charge in [0.05, 0.1) is 5.52 Å². The molecule has 2 aromatic carbocycles. The van der Waals surface area contributed by atoms with Crippen molar-refractivity contribution in [2.45, 2.75) is 6.92 Å². The molecular formula is C19H15FN2O. The first kappa shape index (κ1) is 14.9. The minimum absolute atomic E-state index is 0.271. The van der Waals surface area contributed by atoms with E-state index in [0.29, 0.717) is 11.3 Å². The summed E-state index contributed by atoms with van der Waals surface area (Å²) in [5.74, 6) is -0.592. The Kier molecular flexibility index (Phi) is 4.15. The van der Waals surface area contributed by atoms with E-state index < -0.39 is 0 Å². The van der Waals surface area contributed by atoms with Crippen LogP contribution < -0.4 is 5.32 Å². The van der Waals surface area contributed by atoms with Crippen LogP contribution in [0.3, 0.4) is 0 Å². The summed E-state index contributed by atoms with van der Waals surface area (Å²) in [6, 6.07) is 13.9. The van der Waals surface area contributed by atoms with Crippen molar-refractivity contribution in [1.82, 2.24) is 4.98 Å². The monoisotopic (exact) mass is 306 g/mol. The van der Waals surface area contributed by atoms with E-state index in [2.05, 4.69) is 10.3 Å². The number of para-hydroxylation sites is 1. The highest BCUT2D eigenvalue weighted by Crippen LogP contribution is 2.18. The lowest BCUT2D eigenvalue weighted by molar-refractivity contribution is -0.111. The van der Waals surface area contributed by atoms with E-state index in [-0.39, 0.29) is 11.7 Å². The van der Waals surface area contributed by atoms with Crippen molar-refractivity contribution in [3.05, 3.63) is 77.7 Å². The molecule has 0 fully saturated rings. The second kappa shape index (κ2) is 6.40. The topological polar surface area (TPSA) is 42.0 Å². The van der Waals surface area contributed by atoms with Crippen LogP contribution in [-0.4, -0.2) is 10.9 Å². The van der Waals surface area contributed by atoms with Crippen molar-refractivity contribution in [3.63, 3.8) is 0 Å². The summed E-state index contributed by atoms with van der Waals surface area (Å²) in [4.78, 5) is 16.4. The largest absolute Gasteiger partial charge is 0.322 e. The first-order chi connectivity index (χ1) is 11.1. The Balaban J connectivity index is 1.80. The molecule has 0 spiro atoms. The number of aromatic nitrogens is 1. The number of anilines is 1. The number of nitrogens with zero attached hydrogens (tertiary/aromatic N) is 1. The van der Waals surface area contributed by atoms with Crippen LogP contribution >= 0.6 is 0 Å². The van der Waals surface area contributed by atoms with E-state index >= 15 is 0 Å². The zero-order chi connectivity index (χ0) is 16.2. The van der Waals surface area contributed by atoms with Gasteiger partial charge in [0.2, 0.25) is 5.91 Å². The minimum Gasteiger partial charge on any atom is -0.322 e. The molecule has 23 heavy (non-hydrogen) atoms. The second-order valence-corrected chi connectivity index (χ2v) is 5.20. The van der Waals surface area contributed by atoms with Gasteiger partial charge in [-0.1, -0.05) is 24.3 Å². The van der Waals surface area contributed by atoms with Crippen LogP contribution in [0.1, 0.15) is 11.1 Å². The van der Waals surface area contributed by atoms with Crippen molar-refractivity contribution < 1.29 is 9.18 Å². The SMILES string of the molecule is Cc1cc(F)ccc1NC(=O)/C=C/c1cccc2cccnc12. The lowest BCUT2D eigenvalue weighted by Crippen LogP contribution is -2.09. The molecule has 3 rings (SSSR count). The maximum absolute atomic E-state index is 13.1. The Morgan fingerprint density at radius 1 is 1.17 bits per heavy atom. The van der Waals surface area contributed by atoms with E-state index in [1.165, 1.54) is 18.2 Å². The van der Waals surface area contributed by atoms with Crippen LogP contribution in [0.4, 0.5) is 10.1 Å². The van der Waals surface area contributed by atoms with E-state index in [4.69, 9.17) is 0 Å². The molecule has 114 valence electrons. The van der Waals surface area contributed by atoms with E-state index in [0.717, 1.165) is 16.5 Å². The van der Waals surface area contributed by atoms with Crippen molar-refractivity contribution >= 4 is 28.6 Å². The molecule has 1 N–H and O–H groups in total. The van der Waals surface area contributed by atoms with Gasteiger partial charge in [-0.3, -0.25) is 9.78 Å². The predicted molar refractivity (Wildman–Crippen MR) is 90.5 cm³/mol. The number of carbonyl (C=O) groups is 1. The fourth-order valence-electron chi connectivity index (χ4n) is 2.37. The quantitative estimate of drug-likeness (QED) is 0.732. The number of halogens is 1. The molecule has 0 aliphatic carbocycles. The smallest absolute Gasteiger partial charge is 0.248 e. The molecule has 1 aromatic heterocycles. The molecule has 0 bridgehead atoms. The summed E-state index contributed by atoms with van der Waals surface area (Å²) in [5, 5.41) is 3.76. The van der Waals surface area contributed by atoms with E-state index in [1.807, 2.05) is 30.3 Å². The van der Waals surface area contributed by atoms with Gasteiger partial charge in [-0.15, -0.1) is 0 Å². The van der Waals surface area contributed by atoms with Gasteiger partial charge in [0.25, 0.3) is 0 Å². The number of pyridine rings is 1. The fourth-order valence-corrected chi connectivity index (χ4v) is 2.37. The number of carbonyl (C=O) groups excluding carboxylic acids is 1. The average Bonchev–Trinajstić information content (AvgIpc) is 2.55. The number of amides is 1. The summed E-state index contributed by atoms with van der Waals surface area (Å²) in [6.45, 7) is 1.75. The van der Waals surface area contributed by atoms with Gasteiger partial charge in [-0.2, -0.15) is 0 Å². The molecule has 3 aromatic rings. The van der Waals surface area contributed by atoms with Crippen LogP contribution in [0.2, 0.25) is 0 Å². The summed E-state index contributed by atoms with van der Waals surface area (Å²) >= 11 is 0. The zero-order valence-electron chi connectivity index (χ0n) is 12.6. The average molecular weight is 306 g/mol. The summed E-state index contributed by atoms with van der Waals surface area (Å²) in [7, 11) is 0. The second-order valence-electron chi connectivity index (χ2n) is 5.20. The molecule has 3 nitrogen and oxygen atoms in total. The number of nitrogens with one attached hydrogen (secondary N) is 1. The van der Waals surface area contributed by atoms with Crippen LogP contribution in [0, 0.1) is 12.7 Å². The predicted octanol–water partition coefficient (Wildman–Crippen LogP) is 4.33. The Morgan fingerprint density at radius 3 is 2.83 bits per heavy atom. The molecular weight excluding hydrogens is 291 g/mol. The van der Waals surface area contributed by atoms with Gasteiger partial charge < -0.3 is 5.32 Å². The first-order valence-corrected chi connectivity index (χ1v) is 7.22. The van der Waals surface area contributed by atoms with Crippen molar-refractivity contribution in [2.24, 2.45) is 0 Å². The van der Waals surface area contributed by atoms with Gasteiger partial charge in [0.1, 0.15) is 5.82 Å². The molecule has 0 radical (unpaired) electrons. The Morgan fingerprint density at radius 2 is 2.00 bits per heavy atom. The third-order valence-corrected chi connectivity index (χ3v) is 3.52. The number of hydrogen-bond donors (Lipinski definition) is 1. The van der Waals surface area contributed by atoms with Gasteiger partial charge in [-0.05, 0) is 42.8 Å². The van der Waals surface area contributed by atoms with Gasteiger partial charge >= 0.3 is 0 Å². The number of rotatable bonds is 3. The molecule has 0 saturated carbocycles. The molecule has 1 amide bonds. The van der Waals surface area contributed by atoms with Crippen LogP contribution in [0.15, 0.2) is 60.8 Å². The molecule has 0 aliphatic heterocycles. The van der Waals surface area contributed by atoms with Crippen molar-refractivity contribution in [1.29, 1.82) is 0 Å². The van der Waals surface area contributed by atoms with Crippen molar-refractivity contribution in [3.8, 4) is 0 Å². The summed E-state index contributed by atoms with van der Waals surface area (Å²) in [6.07, 6.45) is 4.90. The summed E-state index contributed by atoms with van der Waals surface area (Å²) in [5.41, 5.74) is 2.99. The van der Waals surface area contributed by atoms with Crippen LogP contribution in [0.5, 0.6) is 0 Å². The number of benzene rings is 2. The molecule has 0 unspecified atom stereocenters. The number of fused-ring (bicyclic) bond motifs is 1. The number of aryl methyl sites for hydroxylation is 1.